The molecular weight excluding hydrogens is 206 g/mol. The summed E-state index contributed by atoms with van der Waals surface area (Å²) in [5.41, 5.74) is 0. The molecule has 96 valence electrons. The molecule has 0 spiro atoms. The first-order chi connectivity index (χ1) is 7.51. The fourth-order valence-corrected chi connectivity index (χ4v) is 1.54. The summed E-state index contributed by atoms with van der Waals surface area (Å²) in [4.78, 5) is 15.2. The summed E-state index contributed by atoms with van der Waals surface area (Å²) in [5.74, 6) is -0.784. The fraction of sp³-hybridized carbons (Fsp3) is 0.909. The molecule has 0 bridgehead atoms. The minimum absolute atomic E-state index is 0.473. The van der Waals surface area contributed by atoms with Gasteiger partial charge in [-0.1, -0.05) is 6.92 Å². The number of carboxylic acid groups (broad SMARTS) is 1. The number of nitrogens with zero attached hydrogens (tertiary/aromatic N) is 2. The Kier molecular flexibility index (Phi) is 8.15. The third-order valence-electron chi connectivity index (χ3n) is 2.61. The number of rotatable bonds is 9. The van der Waals surface area contributed by atoms with Crippen molar-refractivity contribution in [1.29, 1.82) is 0 Å². The molecule has 0 aliphatic heterocycles. The number of hydrogen-bond acceptors (Lipinski definition) is 4. The molecule has 0 radical (unpaired) electrons. The third kappa shape index (κ3) is 6.76. The summed E-state index contributed by atoms with van der Waals surface area (Å²) >= 11 is 0. The summed E-state index contributed by atoms with van der Waals surface area (Å²) in [6, 6.07) is -0.473. The van der Waals surface area contributed by atoms with Gasteiger partial charge in [0, 0.05) is 6.54 Å². The second-order valence-corrected chi connectivity index (χ2v) is 4.23. The van der Waals surface area contributed by atoms with Gasteiger partial charge in [-0.05, 0) is 47.2 Å². The lowest BCUT2D eigenvalue weighted by molar-refractivity contribution is -0.139. The molecule has 0 saturated carbocycles. The Morgan fingerprint density at radius 1 is 1.38 bits per heavy atom. The van der Waals surface area contributed by atoms with Crippen LogP contribution in [0.1, 0.15) is 13.3 Å². The van der Waals surface area contributed by atoms with Gasteiger partial charge in [-0.3, -0.25) is 4.79 Å². The van der Waals surface area contributed by atoms with E-state index < -0.39 is 12.0 Å². The molecule has 0 fully saturated rings. The zero-order chi connectivity index (χ0) is 12.6. The molecule has 0 aromatic rings. The largest absolute Gasteiger partial charge is 0.480 e. The predicted molar refractivity (Wildman–Crippen MR) is 65.8 cm³/mol. The van der Waals surface area contributed by atoms with Crippen LogP contribution in [0.25, 0.3) is 0 Å². The smallest absolute Gasteiger partial charge is 0.322 e. The van der Waals surface area contributed by atoms with Crippen LogP contribution in [-0.2, 0) is 4.79 Å². The Hall–Kier alpha value is -0.650. The van der Waals surface area contributed by atoms with Gasteiger partial charge in [-0.15, -0.1) is 0 Å². The lowest BCUT2D eigenvalue weighted by atomic mass is 10.2. The Morgan fingerprint density at radius 2 is 2.00 bits per heavy atom. The normalized spacial score (nSPS) is 13.4. The van der Waals surface area contributed by atoms with Crippen LogP contribution in [-0.4, -0.2) is 74.2 Å². The van der Waals surface area contributed by atoms with Gasteiger partial charge in [0.25, 0.3) is 0 Å². The third-order valence-corrected chi connectivity index (χ3v) is 2.61. The first-order valence-electron chi connectivity index (χ1n) is 5.78. The Labute approximate surface area is 98.4 Å². The molecule has 0 saturated heterocycles. The van der Waals surface area contributed by atoms with E-state index in [0.29, 0.717) is 6.54 Å². The van der Waals surface area contributed by atoms with Crippen LogP contribution >= 0.6 is 0 Å². The van der Waals surface area contributed by atoms with Crippen LogP contribution in [0.2, 0.25) is 0 Å². The number of carboxylic acids is 1. The number of aliphatic carboxylic acids is 1. The molecule has 0 rings (SSSR count). The molecule has 0 aromatic heterocycles. The molecule has 16 heavy (non-hydrogen) atoms. The van der Waals surface area contributed by atoms with E-state index in [4.69, 9.17) is 5.11 Å². The maximum absolute atomic E-state index is 10.9. The van der Waals surface area contributed by atoms with Crippen LogP contribution < -0.4 is 5.32 Å². The average Bonchev–Trinajstić information content (AvgIpc) is 2.22. The molecular formula is C11H25N3O2. The van der Waals surface area contributed by atoms with Gasteiger partial charge in [0.1, 0.15) is 6.04 Å². The number of nitrogens with one attached hydrogen (secondary N) is 1. The van der Waals surface area contributed by atoms with Crippen LogP contribution in [0.15, 0.2) is 0 Å². The minimum Gasteiger partial charge on any atom is -0.480 e. The molecule has 0 aliphatic rings. The van der Waals surface area contributed by atoms with E-state index in [-0.39, 0.29) is 0 Å². The summed E-state index contributed by atoms with van der Waals surface area (Å²) in [7, 11) is 5.78. The van der Waals surface area contributed by atoms with Gasteiger partial charge < -0.3 is 20.2 Å². The van der Waals surface area contributed by atoms with Crippen molar-refractivity contribution in [3.63, 3.8) is 0 Å². The maximum atomic E-state index is 10.9. The predicted octanol–water partition coefficient (Wildman–Crippen LogP) is -0.0674. The van der Waals surface area contributed by atoms with E-state index >= 15 is 0 Å². The number of carbonyl (C=O) groups is 1. The molecule has 0 amide bonds. The van der Waals surface area contributed by atoms with Crippen LogP contribution in [0, 0.1) is 0 Å². The van der Waals surface area contributed by atoms with Crippen molar-refractivity contribution in [3.05, 3.63) is 0 Å². The lowest BCUT2D eigenvalue weighted by Gasteiger charge is -2.24. The first-order valence-corrected chi connectivity index (χ1v) is 5.78. The summed E-state index contributed by atoms with van der Waals surface area (Å²) in [5, 5.41) is 11.7. The van der Waals surface area contributed by atoms with Gasteiger partial charge in [0.2, 0.25) is 0 Å². The van der Waals surface area contributed by atoms with Crippen molar-refractivity contribution in [2.24, 2.45) is 0 Å². The van der Waals surface area contributed by atoms with E-state index in [1.807, 2.05) is 14.1 Å². The van der Waals surface area contributed by atoms with Gasteiger partial charge in [-0.25, -0.2) is 0 Å². The highest BCUT2D eigenvalue weighted by Crippen LogP contribution is 1.96. The average molecular weight is 231 g/mol. The molecule has 0 aromatic carbocycles. The monoisotopic (exact) mass is 231 g/mol. The Bertz CT molecular complexity index is 198. The highest BCUT2D eigenvalue weighted by molar-refractivity contribution is 5.73. The van der Waals surface area contributed by atoms with Crippen molar-refractivity contribution in [2.45, 2.75) is 19.4 Å². The zero-order valence-corrected chi connectivity index (χ0v) is 10.9. The number of hydrogen-bond donors (Lipinski definition) is 2. The number of likely N-dealkylation sites (N-methyl/N-ethyl adjacent to an activating group) is 2. The standard InChI is InChI=1S/C11H25N3O2/c1-5-14(8-6-7-13(3)4)9-10(12-2)11(15)16/h10,12H,5-9H2,1-4H3,(H,15,16). The van der Waals surface area contributed by atoms with E-state index in [1.54, 1.807) is 7.05 Å². The van der Waals surface area contributed by atoms with E-state index in [1.165, 1.54) is 0 Å². The fourth-order valence-electron chi connectivity index (χ4n) is 1.54. The molecule has 5 nitrogen and oxygen atoms in total. The van der Waals surface area contributed by atoms with Crippen molar-refractivity contribution < 1.29 is 9.90 Å². The highest BCUT2D eigenvalue weighted by atomic mass is 16.4. The van der Waals surface area contributed by atoms with Crippen molar-refractivity contribution in [2.75, 3.05) is 47.3 Å². The van der Waals surface area contributed by atoms with E-state index in [2.05, 4.69) is 22.0 Å². The Balaban J connectivity index is 3.93. The molecule has 5 heteroatoms. The SMILES string of the molecule is CCN(CCCN(C)C)CC(NC)C(=O)O. The van der Waals surface area contributed by atoms with Gasteiger partial charge >= 0.3 is 5.97 Å². The second-order valence-electron chi connectivity index (χ2n) is 4.23. The summed E-state index contributed by atoms with van der Waals surface area (Å²) < 4.78 is 0. The van der Waals surface area contributed by atoms with Crippen molar-refractivity contribution >= 4 is 5.97 Å². The van der Waals surface area contributed by atoms with Gasteiger partial charge in [0.15, 0.2) is 0 Å². The van der Waals surface area contributed by atoms with Gasteiger partial charge in [-0.2, -0.15) is 0 Å². The topological polar surface area (TPSA) is 55.8 Å². The molecule has 1 atom stereocenters. The van der Waals surface area contributed by atoms with Crippen molar-refractivity contribution in [1.82, 2.24) is 15.1 Å². The van der Waals surface area contributed by atoms with Crippen molar-refractivity contribution in [3.8, 4) is 0 Å². The van der Waals surface area contributed by atoms with Gasteiger partial charge in [0.05, 0.1) is 0 Å². The highest BCUT2D eigenvalue weighted by Gasteiger charge is 2.17. The van der Waals surface area contributed by atoms with Crippen LogP contribution in [0.4, 0.5) is 0 Å². The minimum atomic E-state index is -0.784. The molecule has 1 unspecified atom stereocenters. The molecule has 0 aliphatic carbocycles. The summed E-state index contributed by atoms with van der Waals surface area (Å²) in [6.07, 6.45) is 1.07. The maximum Gasteiger partial charge on any atom is 0.322 e. The lowest BCUT2D eigenvalue weighted by Crippen LogP contribution is -2.45. The molecule has 0 heterocycles. The van der Waals surface area contributed by atoms with E-state index in [9.17, 15) is 4.79 Å². The summed E-state index contributed by atoms with van der Waals surface area (Å²) in [6.45, 7) is 5.49. The Morgan fingerprint density at radius 3 is 2.38 bits per heavy atom. The zero-order valence-electron chi connectivity index (χ0n) is 10.9. The van der Waals surface area contributed by atoms with Crippen LogP contribution in [0.3, 0.4) is 0 Å². The molecule has 2 N–H and O–H groups in total. The quantitative estimate of drug-likeness (QED) is 0.582. The first kappa shape index (κ1) is 15.3. The van der Waals surface area contributed by atoms with E-state index in [0.717, 1.165) is 26.1 Å². The second kappa shape index (κ2) is 8.50. The van der Waals surface area contributed by atoms with Crippen LogP contribution in [0.5, 0.6) is 0 Å².